The van der Waals surface area contributed by atoms with Crippen molar-refractivity contribution in [3.63, 3.8) is 0 Å². The minimum atomic E-state index is 0.153. The van der Waals surface area contributed by atoms with Crippen LogP contribution in [-0.2, 0) is 35.3 Å². The lowest BCUT2D eigenvalue weighted by Gasteiger charge is -2.28. The summed E-state index contributed by atoms with van der Waals surface area (Å²) in [6, 6.07) is 19.4. The van der Waals surface area contributed by atoms with Crippen LogP contribution < -0.4 is 18.9 Å². The number of ether oxygens (including phenoxy) is 4. The van der Waals surface area contributed by atoms with E-state index in [2.05, 4.69) is 32.5 Å². The van der Waals surface area contributed by atoms with Crippen molar-refractivity contribution in [2.75, 3.05) is 13.6 Å². The van der Waals surface area contributed by atoms with Crippen molar-refractivity contribution in [3.8, 4) is 23.0 Å². The van der Waals surface area contributed by atoms with Crippen molar-refractivity contribution in [1.29, 1.82) is 0 Å². The first kappa shape index (κ1) is 29.8. The second-order valence-electron chi connectivity index (χ2n) is 12.3. The van der Waals surface area contributed by atoms with Crippen molar-refractivity contribution in [2.24, 2.45) is 0 Å². The molecule has 1 saturated carbocycles. The van der Waals surface area contributed by atoms with Crippen molar-refractivity contribution < 1.29 is 28.5 Å². The third-order valence-corrected chi connectivity index (χ3v) is 8.99. The predicted molar refractivity (Wildman–Crippen MR) is 167 cm³/mol. The van der Waals surface area contributed by atoms with Gasteiger partial charge in [0.25, 0.3) is 0 Å². The molecule has 0 bridgehead atoms. The molecule has 0 unspecified atom stereocenters. The van der Waals surface area contributed by atoms with Crippen LogP contribution in [0.4, 0.5) is 0 Å². The number of benzene rings is 2. The van der Waals surface area contributed by atoms with Gasteiger partial charge in [0.05, 0.1) is 22.8 Å². The summed E-state index contributed by atoms with van der Waals surface area (Å²) in [6.07, 6.45) is 6.84. The molecule has 7 rings (SSSR count). The first-order valence-corrected chi connectivity index (χ1v) is 16.0. The standard InChI is InChI=1S/C36H36N4O6/c41-29(16-23-4-14-33-35(18-23)45-21-43-33)10-6-27-8-12-31(39-37-27)25-2-1-3-26(20-25)32-13-9-28(38-40-32)7-11-30(42)17-24-5-15-34-36(19-24)46-22-44-34/h4-5,8-9,12-15,18-19,25-26H,1-3,6-7,10-11,16-17,20-22H2/t25-,26-/m0/s1. The van der Waals surface area contributed by atoms with Crippen LogP contribution in [-0.4, -0.2) is 45.5 Å². The van der Waals surface area contributed by atoms with Gasteiger partial charge in [-0.2, -0.15) is 20.4 Å². The molecule has 2 aromatic heterocycles. The first-order valence-electron chi connectivity index (χ1n) is 16.0. The summed E-state index contributed by atoms with van der Waals surface area (Å²) in [5.41, 5.74) is 5.48. The van der Waals surface area contributed by atoms with Gasteiger partial charge in [0.2, 0.25) is 13.6 Å². The normalized spacial score (nSPS) is 18.0. The quantitative estimate of drug-likeness (QED) is 0.196. The number of fused-ring (bicyclic) bond motifs is 2. The highest BCUT2D eigenvalue weighted by Crippen LogP contribution is 2.40. The van der Waals surface area contributed by atoms with E-state index in [0.29, 0.717) is 61.9 Å². The van der Waals surface area contributed by atoms with Crippen LogP contribution >= 0.6 is 0 Å². The molecule has 1 fully saturated rings. The number of Topliss-reactive ketones (excluding diaryl/α,β-unsaturated/α-hetero) is 2. The Balaban J connectivity index is 0.866. The number of ketones is 2. The molecule has 0 saturated heterocycles. The molecule has 10 heteroatoms. The van der Waals surface area contributed by atoms with Gasteiger partial charge >= 0.3 is 0 Å². The number of rotatable bonds is 12. The monoisotopic (exact) mass is 620 g/mol. The number of carbonyl (C=O) groups excluding carboxylic acids is 2. The molecule has 2 aliphatic heterocycles. The summed E-state index contributed by atoms with van der Waals surface area (Å²) >= 11 is 0. The van der Waals surface area contributed by atoms with E-state index in [4.69, 9.17) is 18.9 Å². The summed E-state index contributed by atoms with van der Waals surface area (Å²) in [7, 11) is 0. The van der Waals surface area contributed by atoms with Crippen LogP contribution in [0.3, 0.4) is 0 Å². The van der Waals surface area contributed by atoms with E-state index < -0.39 is 0 Å². The molecule has 10 nitrogen and oxygen atoms in total. The van der Waals surface area contributed by atoms with Gasteiger partial charge in [-0.25, -0.2) is 0 Å². The Bertz CT molecular complexity index is 1580. The van der Waals surface area contributed by atoms with E-state index in [1.807, 2.05) is 48.5 Å². The molecule has 236 valence electrons. The Labute approximate surface area is 267 Å². The van der Waals surface area contributed by atoms with Gasteiger partial charge < -0.3 is 18.9 Å². The van der Waals surface area contributed by atoms with E-state index >= 15 is 0 Å². The minimum Gasteiger partial charge on any atom is -0.454 e. The summed E-state index contributed by atoms with van der Waals surface area (Å²) in [4.78, 5) is 25.2. The third kappa shape index (κ3) is 7.17. The number of nitrogens with zero attached hydrogens (tertiary/aromatic N) is 4. The maximum Gasteiger partial charge on any atom is 0.231 e. The highest BCUT2D eigenvalue weighted by Gasteiger charge is 2.27. The van der Waals surface area contributed by atoms with Gasteiger partial charge in [-0.3, -0.25) is 9.59 Å². The Hall–Kier alpha value is -4.86. The predicted octanol–water partition coefficient (Wildman–Crippen LogP) is 5.65. The summed E-state index contributed by atoms with van der Waals surface area (Å²) in [5, 5.41) is 18.0. The Morgan fingerprint density at radius 3 is 1.52 bits per heavy atom. The van der Waals surface area contributed by atoms with Gasteiger partial charge in [0.1, 0.15) is 11.6 Å². The van der Waals surface area contributed by atoms with E-state index in [-0.39, 0.29) is 25.2 Å². The second-order valence-corrected chi connectivity index (χ2v) is 12.3. The highest BCUT2D eigenvalue weighted by atomic mass is 16.7. The highest BCUT2D eigenvalue weighted by molar-refractivity contribution is 5.81. The van der Waals surface area contributed by atoms with Crippen LogP contribution in [0.15, 0.2) is 60.7 Å². The largest absolute Gasteiger partial charge is 0.454 e. The van der Waals surface area contributed by atoms with Crippen molar-refractivity contribution in [1.82, 2.24) is 20.4 Å². The SMILES string of the molecule is O=C(CCc1ccc([C@H]2CCC[C@H](c3ccc(CCC(=O)Cc4ccc5c(c4)OCO5)nn3)C2)nn1)Cc1ccc2c(c1)OCO2. The molecule has 2 aromatic carbocycles. The van der Waals surface area contributed by atoms with E-state index in [9.17, 15) is 9.59 Å². The topological polar surface area (TPSA) is 123 Å². The average Bonchev–Trinajstić information content (AvgIpc) is 3.76. The molecule has 4 heterocycles. The van der Waals surface area contributed by atoms with Crippen molar-refractivity contribution >= 4 is 11.6 Å². The molecule has 0 N–H and O–H groups in total. The molecule has 3 aliphatic rings. The lowest BCUT2D eigenvalue weighted by molar-refractivity contribution is -0.119. The second kappa shape index (κ2) is 13.6. The Morgan fingerprint density at radius 2 is 1.07 bits per heavy atom. The van der Waals surface area contributed by atoms with Gasteiger partial charge in [-0.15, -0.1) is 0 Å². The summed E-state index contributed by atoms with van der Waals surface area (Å²) in [5.74, 6) is 3.75. The molecule has 46 heavy (non-hydrogen) atoms. The smallest absolute Gasteiger partial charge is 0.231 e. The molecule has 1 aliphatic carbocycles. The third-order valence-electron chi connectivity index (χ3n) is 8.99. The van der Waals surface area contributed by atoms with E-state index in [0.717, 1.165) is 71.1 Å². The fourth-order valence-corrected chi connectivity index (χ4v) is 6.44. The van der Waals surface area contributed by atoms with E-state index in [1.165, 1.54) is 0 Å². The maximum atomic E-state index is 12.6. The zero-order valence-corrected chi connectivity index (χ0v) is 25.7. The molecule has 0 radical (unpaired) electrons. The Morgan fingerprint density at radius 1 is 0.587 bits per heavy atom. The van der Waals surface area contributed by atoms with Crippen molar-refractivity contribution in [3.05, 3.63) is 94.6 Å². The van der Waals surface area contributed by atoms with Crippen LogP contribution in [0.5, 0.6) is 23.0 Å². The van der Waals surface area contributed by atoms with Gasteiger partial charge in [-0.1, -0.05) is 18.6 Å². The van der Waals surface area contributed by atoms with E-state index in [1.54, 1.807) is 0 Å². The summed E-state index contributed by atoms with van der Waals surface area (Å²) < 4.78 is 21.5. The molecule has 4 aromatic rings. The number of hydrogen-bond donors (Lipinski definition) is 0. The maximum absolute atomic E-state index is 12.6. The lowest BCUT2D eigenvalue weighted by Crippen LogP contribution is -2.16. The zero-order valence-electron chi connectivity index (χ0n) is 25.7. The molecular weight excluding hydrogens is 584 g/mol. The fourth-order valence-electron chi connectivity index (χ4n) is 6.44. The van der Waals surface area contributed by atoms with Crippen molar-refractivity contribution in [2.45, 2.75) is 76.0 Å². The summed E-state index contributed by atoms with van der Waals surface area (Å²) in [6.45, 7) is 0.445. The first-order chi connectivity index (χ1) is 22.6. The zero-order chi connectivity index (χ0) is 31.3. The number of aryl methyl sites for hydroxylation is 2. The molecule has 0 spiro atoms. The van der Waals surface area contributed by atoms with Gasteiger partial charge in [0, 0.05) is 37.5 Å². The van der Waals surface area contributed by atoms with Crippen LogP contribution in [0.25, 0.3) is 0 Å². The van der Waals surface area contributed by atoms with Gasteiger partial charge in [-0.05, 0) is 91.8 Å². The average molecular weight is 621 g/mol. The lowest BCUT2D eigenvalue weighted by atomic mass is 9.78. The Kier molecular flexibility index (Phi) is 8.85. The van der Waals surface area contributed by atoms with Gasteiger partial charge in [0.15, 0.2) is 23.0 Å². The molecule has 2 atom stereocenters. The number of hydrogen-bond acceptors (Lipinski definition) is 10. The minimum absolute atomic E-state index is 0.153. The number of carbonyl (C=O) groups is 2. The van der Waals surface area contributed by atoms with Crippen LogP contribution in [0, 0.1) is 0 Å². The molecule has 0 amide bonds. The molecular formula is C36H36N4O6. The van der Waals surface area contributed by atoms with Crippen LogP contribution in [0.2, 0.25) is 0 Å². The van der Waals surface area contributed by atoms with Crippen LogP contribution in [0.1, 0.15) is 84.3 Å². The fraction of sp³-hybridized carbons (Fsp3) is 0.389. The number of aromatic nitrogens is 4.